The number of carbonyl (C=O) groups is 2. The van der Waals surface area contributed by atoms with E-state index in [1.807, 2.05) is 27.7 Å². The van der Waals surface area contributed by atoms with Gasteiger partial charge in [-0.05, 0) is 37.5 Å². The molecule has 0 bridgehead atoms. The predicted molar refractivity (Wildman–Crippen MR) is 105 cm³/mol. The summed E-state index contributed by atoms with van der Waals surface area (Å²) in [5.41, 5.74) is 0.183. The lowest BCUT2D eigenvalue weighted by atomic mass is 9.53. The van der Waals surface area contributed by atoms with E-state index in [9.17, 15) is 19.8 Å². The molecule has 0 aromatic carbocycles. The van der Waals surface area contributed by atoms with Gasteiger partial charge in [0.1, 0.15) is 0 Å². The Hall–Kier alpha value is -1.58. The summed E-state index contributed by atoms with van der Waals surface area (Å²) in [4.78, 5) is 24.7. The molecule has 1 aliphatic carbocycles. The van der Waals surface area contributed by atoms with Crippen molar-refractivity contribution in [2.45, 2.75) is 82.1 Å². The Morgan fingerprint density at radius 1 is 0.731 bits per heavy atom. The standard InChI is InChI=1S/C22H36O4/c1-13-14(2)22(10,12-20(6,7)8)16(18(25)26)15(17(23)24)21(13,9)11-19(3,4)5/h11-12H2,1-10H3,(H,23,24)(H,25,26). The molecule has 0 radical (unpaired) electrons. The van der Waals surface area contributed by atoms with Crippen LogP contribution in [-0.4, -0.2) is 22.2 Å². The Bertz CT molecular complexity index is 624. The molecule has 0 aromatic rings. The van der Waals surface area contributed by atoms with Gasteiger partial charge >= 0.3 is 11.9 Å². The van der Waals surface area contributed by atoms with Crippen LogP contribution in [-0.2, 0) is 9.59 Å². The first-order valence-electron chi connectivity index (χ1n) is 9.27. The van der Waals surface area contributed by atoms with Gasteiger partial charge in [0, 0.05) is 10.8 Å². The van der Waals surface area contributed by atoms with Crippen molar-refractivity contribution < 1.29 is 19.8 Å². The summed E-state index contributed by atoms with van der Waals surface area (Å²) in [7, 11) is 0. The molecule has 0 saturated heterocycles. The Labute approximate surface area is 158 Å². The number of rotatable bonds is 4. The van der Waals surface area contributed by atoms with Crippen LogP contribution in [0.4, 0.5) is 0 Å². The number of allylic oxidation sites excluding steroid dienone is 2. The Kier molecular flexibility index (Phi) is 5.65. The predicted octanol–water partition coefficient (Wildman–Crippen LogP) is 5.69. The van der Waals surface area contributed by atoms with Crippen LogP contribution in [0.2, 0.25) is 0 Å². The highest BCUT2D eigenvalue weighted by Gasteiger charge is 2.53. The molecule has 4 nitrogen and oxygen atoms in total. The van der Waals surface area contributed by atoms with Crippen LogP contribution >= 0.6 is 0 Å². The largest absolute Gasteiger partial charge is 0.478 e. The quantitative estimate of drug-likeness (QED) is 0.629. The second kappa shape index (κ2) is 6.54. The maximum atomic E-state index is 12.3. The first-order valence-corrected chi connectivity index (χ1v) is 9.27. The smallest absolute Gasteiger partial charge is 0.333 e. The molecule has 2 unspecified atom stereocenters. The molecule has 2 atom stereocenters. The summed E-state index contributed by atoms with van der Waals surface area (Å²) in [6.45, 7) is 20.1. The highest BCUT2D eigenvalue weighted by molar-refractivity contribution is 6.02. The third kappa shape index (κ3) is 4.05. The maximum absolute atomic E-state index is 12.3. The van der Waals surface area contributed by atoms with Gasteiger partial charge in [0.25, 0.3) is 0 Å². The summed E-state index contributed by atoms with van der Waals surface area (Å²) < 4.78 is 0. The van der Waals surface area contributed by atoms with E-state index >= 15 is 0 Å². The van der Waals surface area contributed by atoms with Crippen LogP contribution in [0.3, 0.4) is 0 Å². The molecule has 1 aliphatic rings. The number of hydrogen-bond donors (Lipinski definition) is 2. The van der Waals surface area contributed by atoms with Gasteiger partial charge in [-0.25, -0.2) is 9.59 Å². The van der Waals surface area contributed by atoms with Crippen molar-refractivity contribution in [2.75, 3.05) is 0 Å². The Balaban J connectivity index is 3.95. The van der Waals surface area contributed by atoms with Gasteiger partial charge in [-0.2, -0.15) is 0 Å². The van der Waals surface area contributed by atoms with Crippen LogP contribution in [0.15, 0.2) is 22.3 Å². The van der Waals surface area contributed by atoms with Crippen molar-refractivity contribution in [3.05, 3.63) is 22.3 Å². The lowest BCUT2D eigenvalue weighted by Gasteiger charge is -2.49. The van der Waals surface area contributed by atoms with Gasteiger partial charge < -0.3 is 10.2 Å². The molecule has 2 N–H and O–H groups in total. The summed E-state index contributed by atoms with van der Waals surface area (Å²) >= 11 is 0. The van der Waals surface area contributed by atoms with E-state index in [-0.39, 0.29) is 22.0 Å². The Morgan fingerprint density at radius 2 is 0.962 bits per heavy atom. The third-order valence-electron chi connectivity index (χ3n) is 5.77. The number of aliphatic carboxylic acids is 2. The zero-order chi connectivity index (χ0) is 20.9. The van der Waals surface area contributed by atoms with Crippen LogP contribution in [0, 0.1) is 21.7 Å². The van der Waals surface area contributed by atoms with E-state index in [4.69, 9.17) is 0 Å². The monoisotopic (exact) mass is 364 g/mol. The first kappa shape index (κ1) is 22.5. The average Bonchev–Trinajstić information content (AvgIpc) is 2.36. The summed E-state index contributed by atoms with van der Waals surface area (Å²) in [6, 6.07) is 0. The molecule has 0 aliphatic heterocycles. The molecule has 0 amide bonds. The fourth-order valence-electron chi connectivity index (χ4n) is 5.00. The highest BCUT2D eigenvalue weighted by atomic mass is 16.4. The molecule has 26 heavy (non-hydrogen) atoms. The molecule has 0 heterocycles. The normalized spacial score (nSPS) is 27.8. The van der Waals surface area contributed by atoms with Crippen LogP contribution in [0.25, 0.3) is 0 Å². The zero-order valence-electron chi connectivity index (χ0n) is 18.1. The van der Waals surface area contributed by atoms with Gasteiger partial charge in [0.05, 0.1) is 11.1 Å². The van der Waals surface area contributed by atoms with E-state index in [0.29, 0.717) is 12.8 Å². The number of carboxylic acid groups (broad SMARTS) is 2. The van der Waals surface area contributed by atoms with Crippen molar-refractivity contribution in [2.24, 2.45) is 21.7 Å². The lowest BCUT2D eigenvalue weighted by Crippen LogP contribution is -2.44. The highest BCUT2D eigenvalue weighted by Crippen LogP contribution is 2.58. The van der Waals surface area contributed by atoms with Gasteiger partial charge in [0.2, 0.25) is 0 Å². The summed E-state index contributed by atoms with van der Waals surface area (Å²) in [5.74, 6) is -2.25. The van der Waals surface area contributed by atoms with Gasteiger partial charge in [-0.3, -0.25) is 0 Å². The molecular formula is C22H36O4. The van der Waals surface area contributed by atoms with E-state index < -0.39 is 22.8 Å². The van der Waals surface area contributed by atoms with Crippen molar-refractivity contribution in [1.82, 2.24) is 0 Å². The van der Waals surface area contributed by atoms with E-state index in [1.165, 1.54) is 0 Å². The van der Waals surface area contributed by atoms with Crippen LogP contribution in [0.5, 0.6) is 0 Å². The lowest BCUT2D eigenvalue weighted by molar-refractivity contribution is -0.138. The molecule has 0 spiro atoms. The van der Waals surface area contributed by atoms with Gasteiger partial charge in [-0.1, -0.05) is 66.5 Å². The molecule has 0 saturated carbocycles. The minimum Gasteiger partial charge on any atom is -0.478 e. The number of hydrogen-bond acceptors (Lipinski definition) is 2. The van der Waals surface area contributed by atoms with Crippen molar-refractivity contribution >= 4 is 11.9 Å². The van der Waals surface area contributed by atoms with E-state index in [1.54, 1.807) is 0 Å². The van der Waals surface area contributed by atoms with Gasteiger partial charge in [0.15, 0.2) is 0 Å². The van der Waals surface area contributed by atoms with Gasteiger partial charge in [-0.15, -0.1) is 0 Å². The van der Waals surface area contributed by atoms with Crippen molar-refractivity contribution in [3.63, 3.8) is 0 Å². The minimum atomic E-state index is -1.12. The Morgan fingerprint density at radius 3 is 1.12 bits per heavy atom. The molecule has 4 heteroatoms. The molecule has 148 valence electrons. The SMILES string of the molecule is CC1=C(C)C(C)(CC(C)(C)C)C(C(=O)O)=C(C(=O)O)C1(C)CC(C)(C)C. The van der Waals surface area contributed by atoms with Crippen LogP contribution in [0.1, 0.15) is 82.1 Å². The molecular weight excluding hydrogens is 328 g/mol. The second-order valence-electron chi connectivity index (χ2n) is 10.7. The molecule has 1 rings (SSSR count). The van der Waals surface area contributed by atoms with E-state index in [0.717, 1.165) is 11.1 Å². The van der Waals surface area contributed by atoms with Crippen molar-refractivity contribution in [1.29, 1.82) is 0 Å². The number of carboxylic acids is 2. The zero-order valence-corrected chi connectivity index (χ0v) is 18.1. The molecule has 0 aromatic heterocycles. The minimum absolute atomic E-state index is 0.0507. The van der Waals surface area contributed by atoms with Crippen LogP contribution < -0.4 is 0 Å². The maximum Gasteiger partial charge on any atom is 0.333 e. The van der Waals surface area contributed by atoms with Crippen molar-refractivity contribution in [3.8, 4) is 0 Å². The van der Waals surface area contributed by atoms with E-state index in [2.05, 4.69) is 41.5 Å². The fourth-order valence-corrected chi connectivity index (χ4v) is 5.00. The summed E-state index contributed by atoms with van der Waals surface area (Å²) in [6.07, 6.45) is 1.15. The first-order chi connectivity index (χ1) is 11.4. The molecule has 0 fully saturated rings. The fraction of sp³-hybridized carbons (Fsp3) is 0.727. The second-order valence-corrected chi connectivity index (χ2v) is 10.7. The third-order valence-corrected chi connectivity index (χ3v) is 5.77. The summed E-state index contributed by atoms with van der Waals surface area (Å²) in [5, 5.41) is 20.2. The topological polar surface area (TPSA) is 74.6 Å². The average molecular weight is 365 g/mol.